The second-order valence-electron chi connectivity index (χ2n) is 5.47. The van der Waals surface area contributed by atoms with Crippen molar-refractivity contribution >= 4 is 52.2 Å². The van der Waals surface area contributed by atoms with Crippen LogP contribution in [0.3, 0.4) is 0 Å². The molecule has 0 radical (unpaired) electrons. The van der Waals surface area contributed by atoms with Gasteiger partial charge in [0.15, 0.2) is 5.96 Å². The van der Waals surface area contributed by atoms with E-state index in [1.165, 1.54) is 10.4 Å². The summed E-state index contributed by atoms with van der Waals surface area (Å²) < 4.78 is 5.45. The first-order chi connectivity index (χ1) is 11.8. The molecule has 0 unspecified atom stereocenters. The number of methoxy groups -OCH3 is 1. The van der Waals surface area contributed by atoms with Crippen molar-refractivity contribution in [3.8, 4) is 5.75 Å². The van der Waals surface area contributed by atoms with E-state index in [-0.39, 0.29) is 24.0 Å². The first-order valence-corrected chi connectivity index (χ1v) is 8.85. The molecule has 134 valence electrons. The third kappa shape index (κ3) is 5.12. The van der Waals surface area contributed by atoms with Crippen LogP contribution in [0.25, 0.3) is 10.9 Å². The van der Waals surface area contributed by atoms with Crippen LogP contribution in [0, 0.1) is 0 Å². The molecule has 2 heterocycles. The van der Waals surface area contributed by atoms with Crippen molar-refractivity contribution in [3.63, 3.8) is 0 Å². The molecule has 25 heavy (non-hydrogen) atoms. The molecule has 3 aromatic rings. The molecule has 7 heteroatoms. The summed E-state index contributed by atoms with van der Waals surface area (Å²) in [6.45, 7) is 1.44. The third-order valence-corrected chi connectivity index (χ3v) is 4.83. The van der Waals surface area contributed by atoms with E-state index < -0.39 is 0 Å². The van der Waals surface area contributed by atoms with Gasteiger partial charge in [-0.3, -0.25) is 4.99 Å². The van der Waals surface area contributed by atoms with Crippen molar-refractivity contribution in [3.05, 3.63) is 52.3 Å². The molecule has 0 aliphatic heterocycles. The fourth-order valence-corrected chi connectivity index (χ4v) is 3.41. The lowest BCUT2D eigenvalue weighted by molar-refractivity contribution is 0.419. The number of aliphatic imine (C=N–C) groups is 1. The Balaban J connectivity index is 0.00000225. The molecule has 0 spiro atoms. The Morgan fingerprint density at radius 1 is 1.28 bits per heavy atom. The molecular formula is C18H23IN4OS. The molecule has 3 rings (SSSR count). The topological polar surface area (TPSA) is 75.4 Å². The van der Waals surface area contributed by atoms with E-state index in [9.17, 15) is 0 Å². The van der Waals surface area contributed by atoms with Gasteiger partial charge < -0.3 is 20.8 Å². The summed E-state index contributed by atoms with van der Waals surface area (Å²) in [5.74, 6) is 1.39. The second-order valence-corrected chi connectivity index (χ2v) is 6.50. The lowest BCUT2D eigenvalue weighted by atomic mass is 10.1. The van der Waals surface area contributed by atoms with Crippen LogP contribution < -0.4 is 15.8 Å². The first kappa shape index (κ1) is 19.6. The first-order valence-electron chi connectivity index (χ1n) is 7.97. The number of fused-ring (bicyclic) bond motifs is 1. The summed E-state index contributed by atoms with van der Waals surface area (Å²) in [4.78, 5) is 8.99. The van der Waals surface area contributed by atoms with E-state index in [2.05, 4.69) is 38.9 Å². The van der Waals surface area contributed by atoms with Gasteiger partial charge in [0.2, 0.25) is 0 Å². The SMILES string of the molecule is COc1cccc2[nH]cc(CCNC(N)=NCCc3cccs3)c12.I. The maximum absolute atomic E-state index is 5.93. The van der Waals surface area contributed by atoms with Crippen molar-refractivity contribution in [2.45, 2.75) is 12.8 Å². The minimum Gasteiger partial charge on any atom is -0.496 e. The number of ether oxygens (including phenoxy) is 1. The van der Waals surface area contributed by atoms with Gasteiger partial charge in [0.25, 0.3) is 0 Å². The van der Waals surface area contributed by atoms with Crippen LogP contribution in [-0.2, 0) is 12.8 Å². The average Bonchev–Trinajstić information content (AvgIpc) is 3.25. The number of hydrogen-bond donors (Lipinski definition) is 3. The zero-order chi connectivity index (χ0) is 16.8. The average molecular weight is 470 g/mol. The minimum absolute atomic E-state index is 0. The molecule has 0 aliphatic carbocycles. The standard InChI is InChI=1S/C18H22N4OS.HI/c1-23-16-6-2-5-15-17(16)13(12-22-15)7-9-20-18(19)21-10-8-14-4-3-11-24-14;/h2-6,11-12,22H,7-10H2,1H3,(H3,19,20,21);1H. The molecule has 2 aromatic heterocycles. The second kappa shape index (κ2) is 9.67. The highest BCUT2D eigenvalue weighted by atomic mass is 127. The van der Waals surface area contributed by atoms with Crippen LogP contribution in [0.1, 0.15) is 10.4 Å². The number of H-pyrrole nitrogens is 1. The van der Waals surface area contributed by atoms with E-state index in [1.54, 1.807) is 18.4 Å². The van der Waals surface area contributed by atoms with E-state index in [4.69, 9.17) is 10.5 Å². The quantitative estimate of drug-likeness (QED) is 0.281. The molecule has 0 fully saturated rings. The Morgan fingerprint density at radius 3 is 2.92 bits per heavy atom. The van der Waals surface area contributed by atoms with Crippen molar-refractivity contribution in [1.82, 2.24) is 10.3 Å². The minimum atomic E-state index is 0. The highest BCUT2D eigenvalue weighted by Gasteiger charge is 2.08. The molecule has 0 bridgehead atoms. The predicted octanol–water partition coefficient (Wildman–Crippen LogP) is 3.55. The van der Waals surface area contributed by atoms with Crippen LogP contribution in [0.4, 0.5) is 0 Å². The maximum Gasteiger partial charge on any atom is 0.188 e. The highest BCUT2D eigenvalue weighted by Crippen LogP contribution is 2.28. The number of nitrogens with zero attached hydrogens (tertiary/aromatic N) is 1. The van der Waals surface area contributed by atoms with Crippen molar-refractivity contribution in [2.75, 3.05) is 20.2 Å². The Labute approximate surface area is 168 Å². The molecule has 0 saturated heterocycles. The molecule has 5 nitrogen and oxygen atoms in total. The van der Waals surface area contributed by atoms with Gasteiger partial charge >= 0.3 is 0 Å². The summed E-state index contributed by atoms with van der Waals surface area (Å²) >= 11 is 1.75. The van der Waals surface area contributed by atoms with Crippen LogP contribution in [-0.4, -0.2) is 31.1 Å². The molecule has 0 saturated carbocycles. The number of benzene rings is 1. The van der Waals surface area contributed by atoms with E-state index in [0.717, 1.165) is 36.0 Å². The normalized spacial score (nSPS) is 11.3. The number of thiophene rings is 1. The largest absolute Gasteiger partial charge is 0.496 e. The molecule has 0 amide bonds. The molecule has 0 aliphatic rings. The van der Waals surface area contributed by atoms with Crippen LogP contribution >= 0.6 is 35.3 Å². The fraction of sp³-hybridized carbons (Fsp3) is 0.278. The van der Waals surface area contributed by atoms with E-state index >= 15 is 0 Å². The number of rotatable bonds is 7. The Morgan fingerprint density at radius 2 is 2.16 bits per heavy atom. The smallest absolute Gasteiger partial charge is 0.188 e. The third-order valence-electron chi connectivity index (χ3n) is 3.89. The van der Waals surface area contributed by atoms with Gasteiger partial charge in [-0.25, -0.2) is 0 Å². The summed E-state index contributed by atoms with van der Waals surface area (Å²) in [6.07, 6.45) is 3.81. The Kier molecular flexibility index (Phi) is 7.57. The molecular weight excluding hydrogens is 447 g/mol. The Hall–Kier alpha value is -1.74. The molecule has 1 aromatic carbocycles. The van der Waals surface area contributed by atoms with Gasteiger partial charge in [-0.2, -0.15) is 0 Å². The zero-order valence-electron chi connectivity index (χ0n) is 14.1. The van der Waals surface area contributed by atoms with Crippen molar-refractivity contribution in [1.29, 1.82) is 0 Å². The number of aromatic nitrogens is 1. The van der Waals surface area contributed by atoms with Crippen LogP contribution in [0.15, 0.2) is 46.9 Å². The van der Waals surface area contributed by atoms with Gasteiger partial charge in [0, 0.05) is 41.5 Å². The monoisotopic (exact) mass is 470 g/mol. The number of hydrogen-bond acceptors (Lipinski definition) is 3. The Bertz CT molecular complexity index is 814. The van der Waals surface area contributed by atoms with Crippen molar-refractivity contribution in [2.24, 2.45) is 10.7 Å². The van der Waals surface area contributed by atoms with Crippen LogP contribution in [0.2, 0.25) is 0 Å². The predicted molar refractivity (Wildman–Crippen MR) is 116 cm³/mol. The lowest BCUT2D eigenvalue weighted by Gasteiger charge is -2.07. The van der Waals surface area contributed by atoms with Gasteiger partial charge in [-0.1, -0.05) is 12.1 Å². The van der Waals surface area contributed by atoms with E-state index in [1.807, 2.05) is 18.3 Å². The summed E-state index contributed by atoms with van der Waals surface area (Å²) in [7, 11) is 1.70. The van der Waals surface area contributed by atoms with Crippen molar-refractivity contribution < 1.29 is 4.74 Å². The summed E-state index contributed by atoms with van der Waals surface area (Å²) in [5.41, 5.74) is 8.23. The number of guanidine groups is 1. The fourth-order valence-electron chi connectivity index (χ4n) is 2.71. The molecule has 4 N–H and O–H groups in total. The van der Waals surface area contributed by atoms with Gasteiger partial charge in [-0.15, -0.1) is 35.3 Å². The molecule has 0 atom stereocenters. The lowest BCUT2D eigenvalue weighted by Crippen LogP contribution is -2.33. The maximum atomic E-state index is 5.93. The highest BCUT2D eigenvalue weighted by molar-refractivity contribution is 14.0. The van der Waals surface area contributed by atoms with Gasteiger partial charge in [-0.05, 0) is 35.6 Å². The van der Waals surface area contributed by atoms with Gasteiger partial charge in [0.1, 0.15) is 5.75 Å². The van der Waals surface area contributed by atoms with Crippen LogP contribution in [0.5, 0.6) is 5.75 Å². The zero-order valence-corrected chi connectivity index (χ0v) is 17.3. The van der Waals surface area contributed by atoms with Gasteiger partial charge in [0.05, 0.1) is 7.11 Å². The number of halogens is 1. The summed E-state index contributed by atoms with van der Waals surface area (Å²) in [5, 5.41) is 6.39. The number of nitrogens with one attached hydrogen (secondary N) is 2. The number of aromatic amines is 1. The number of nitrogens with two attached hydrogens (primary N) is 1. The van der Waals surface area contributed by atoms with E-state index in [0.29, 0.717) is 12.5 Å². The summed E-state index contributed by atoms with van der Waals surface area (Å²) in [6, 6.07) is 10.2.